The molecule has 0 aliphatic carbocycles. The van der Waals surface area contributed by atoms with Crippen LogP contribution in [0.4, 0.5) is 10.1 Å². The molecular formula is C21H24FNO6. The van der Waals surface area contributed by atoms with Crippen LogP contribution >= 0.6 is 0 Å². The van der Waals surface area contributed by atoms with Crippen LogP contribution in [0.5, 0.6) is 17.2 Å². The molecule has 1 amide bonds. The molecule has 0 bridgehead atoms. The SMILES string of the molecule is CCOc1ccc(NC(=O)COC(=O)[C@@H](C)Oc2ccc(F)cc2)cc1OCC. The number of carbonyl (C=O) groups excluding carboxylic acids is 2. The lowest BCUT2D eigenvalue weighted by Gasteiger charge is -2.15. The summed E-state index contributed by atoms with van der Waals surface area (Å²) in [7, 11) is 0. The second-order valence-corrected chi connectivity index (χ2v) is 5.90. The molecule has 0 unspecified atom stereocenters. The van der Waals surface area contributed by atoms with Gasteiger partial charge in [-0.1, -0.05) is 0 Å². The van der Waals surface area contributed by atoms with Gasteiger partial charge in [0.1, 0.15) is 11.6 Å². The smallest absolute Gasteiger partial charge is 0.347 e. The Labute approximate surface area is 168 Å². The molecule has 8 heteroatoms. The van der Waals surface area contributed by atoms with Crippen LogP contribution < -0.4 is 19.5 Å². The fourth-order valence-electron chi connectivity index (χ4n) is 2.35. The monoisotopic (exact) mass is 405 g/mol. The second kappa shape index (κ2) is 10.9. The van der Waals surface area contributed by atoms with E-state index in [9.17, 15) is 14.0 Å². The van der Waals surface area contributed by atoms with Crippen LogP contribution in [0.15, 0.2) is 42.5 Å². The van der Waals surface area contributed by atoms with E-state index in [2.05, 4.69) is 5.32 Å². The van der Waals surface area contributed by atoms with E-state index in [1.54, 1.807) is 18.2 Å². The fraction of sp³-hybridized carbons (Fsp3) is 0.333. The Morgan fingerprint density at radius 1 is 1.00 bits per heavy atom. The highest BCUT2D eigenvalue weighted by atomic mass is 19.1. The summed E-state index contributed by atoms with van der Waals surface area (Å²) in [5.74, 6) is -0.245. The molecular weight excluding hydrogens is 381 g/mol. The number of anilines is 1. The van der Waals surface area contributed by atoms with Gasteiger partial charge in [0.25, 0.3) is 5.91 Å². The average Bonchev–Trinajstić information content (AvgIpc) is 2.70. The average molecular weight is 405 g/mol. The van der Waals surface area contributed by atoms with Crippen LogP contribution in [0.1, 0.15) is 20.8 Å². The lowest BCUT2D eigenvalue weighted by atomic mass is 10.2. The molecule has 2 aromatic carbocycles. The highest BCUT2D eigenvalue weighted by molar-refractivity contribution is 5.93. The quantitative estimate of drug-likeness (QED) is 0.609. The number of rotatable bonds is 10. The van der Waals surface area contributed by atoms with Crippen LogP contribution in [0, 0.1) is 5.82 Å². The maximum Gasteiger partial charge on any atom is 0.347 e. The van der Waals surface area contributed by atoms with Crippen LogP contribution in [0.25, 0.3) is 0 Å². The zero-order chi connectivity index (χ0) is 21.2. The van der Waals surface area contributed by atoms with Gasteiger partial charge in [-0.25, -0.2) is 9.18 Å². The summed E-state index contributed by atoms with van der Waals surface area (Å²) in [6.45, 7) is 5.63. The summed E-state index contributed by atoms with van der Waals surface area (Å²) in [4.78, 5) is 24.1. The lowest BCUT2D eigenvalue weighted by Crippen LogP contribution is -2.29. The molecule has 1 atom stereocenters. The molecule has 0 saturated carbocycles. The van der Waals surface area contributed by atoms with Crippen molar-refractivity contribution in [3.63, 3.8) is 0 Å². The Morgan fingerprint density at radius 3 is 2.31 bits per heavy atom. The first-order valence-electron chi connectivity index (χ1n) is 9.21. The third kappa shape index (κ3) is 6.99. The first-order valence-corrected chi connectivity index (χ1v) is 9.21. The lowest BCUT2D eigenvalue weighted by molar-refractivity contribution is -0.153. The van der Waals surface area contributed by atoms with E-state index in [0.717, 1.165) is 0 Å². The van der Waals surface area contributed by atoms with Crippen molar-refractivity contribution >= 4 is 17.6 Å². The Bertz CT molecular complexity index is 824. The Morgan fingerprint density at radius 2 is 1.66 bits per heavy atom. The van der Waals surface area contributed by atoms with Crippen LogP contribution in [-0.2, 0) is 14.3 Å². The van der Waals surface area contributed by atoms with Crippen molar-refractivity contribution < 1.29 is 32.9 Å². The van der Waals surface area contributed by atoms with Crippen LogP contribution in [0.2, 0.25) is 0 Å². The largest absolute Gasteiger partial charge is 0.490 e. The molecule has 0 spiro atoms. The number of esters is 1. The summed E-state index contributed by atoms with van der Waals surface area (Å²) in [6, 6.07) is 10.2. The Balaban J connectivity index is 1.86. The van der Waals surface area contributed by atoms with E-state index >= 15 is 0 Å². The molecule has 0 saturated heterocycles. The highest BCUT2D eigenvalue weighted by Crippen LogP contribution is 2.30. The number of ether oxygens (including phenoxy) is 4. The van der Waals surface area contributed by atoms with Gasteiger partial charge in [-0.15, -0.1) is 0 Å². The van der Waals surface area contributed by atoms with E-state index in [1.807, 2.05) is 13.8 Å². The van der Waals surface area contributed by atoms with Crippen molar-refractivity contribution in [1.82, 2.24) is 0 Å². The van der Waals surface area contributed by atoms with Crippen LogP contribution in [-0.4, -0.2) is 37.8 Å². The second-order valence-electron chi connectivity index (χ2n) is 5.90. The minimum Gasteiger partial charge on any atom is -0.490 e. The molecule has 1 N–H and O–H groups in total. The third-order valence-corrected chi connectivity index (χ3v) is 3.63. The van der Waals surface area contributed by atoms with Gasteiger partial charge in [0.2, 0.25) is 0 Å². The molecule has 156 valence electrons. The molecule has 0 radical (unpaired) electrons. The van der Waals surface area contributed by atoms with Gasteiger partial charge in [0, 0.05) is 11.8 Å². The van der Waals surface area contributed by atoms with Crippen molar-refractivity contribution in [3.05, 3.63) is 48.3 Å². The topological polar surface area (TPSA) is 83.1 Å². The van der Waals surface area contributed by atoms with Gasteiger partial charge in [-0.2, -0.15) is 0 Å². The molecule has 2 aromatic rings. The minimum atomic E-state index is -0.955. The number of hydrogen-bond donors (Lipinski definition) is 1. The van der Waals surface area contributed by atoms with Crippen LogP contribution in [0.3, 0.4) is 0 Å². The normalized spacial score (nSPS) is 11.3. The maximum atomic E-state index is 12.9. The summed E-state index contributed by atoms with van der Waals surface area (Å²) in [6.07, 6.45) is -0.955. The highest BCUT2D eigenvalue weighted by Gasteiger charge is 2.18. The first kappa shape index (κ1) is 22.0. The van der Waals surface area contributed by atoms with E-state index in [1.165, 1.54) is 31.2 Å². The zero-order valence-electron chi connectivity index (χ0n) is 16.6. The van der Waals surface area contributed by atoms with E-state index in [0.29, 0.717) is 36.1 Å². The van der Waals surface area contributed by atoms with E-state index in [-0.39, 0.29) is 0 Å². The predicted octanol–water partition coefficient (Wildman–Crippen LogP) is 3.57. The third-order valence-electron chi connectivity index (χ3n) is 3.63. The van der Waals surface area contributed by atoms with Gasteiger partial charge < -0.3 is 24.3 Å². The predicted molar refractivity (Wildman–Crippen MR) is 105 cm³/mol. The number of halogens is 1. The van der Waals surface area contributed by atoms with Gasteiger partial charge >= 0.3 is 5.97 Å². The maximum absolute atomic E-state index is 12.9. The zero-order valence-corrected chi connectivity index (χ0v) is 16.6. The fourth-order valence-corrected chi connectivity index (χ4v) is 2.35. The standard InChI is InChI=1S/C21H24FNO6/c1-4-26-18-11-8-16(12-19(18)27-5-2)23-20(24)13-28-21(25)14(3)29-17-9-6-15(22)7-10-17/h6-12,14H,4-5,13H2,1-3H3,(H,23,24)/t14-/m1/s1. The molecule has 0 aliphatic rings. The number of nitrogens with one attached hydrogen (secondary N) is 1. The Kier molecular flexibility index (Phi) is 8.27. The van der Waals surface area contributed by atoms with Crippen molar-refractivity contribution in [2.45, 2.75) is 26.9 Å². The number of carbonyl (C=O) groups is 2. The van der Waals surface area contributed by atoms with Crippen molar-refractivity contribution in [3.8, 4) is 17.2 Å². The van der Waals surface area contributed by atoms with Crippen molar-refractivity contribution in [1.29, 1.82) is 0 Å². The molecule has 0 aliphatic heterocycles. The van der Waals surface area contributed by atoms with E-state index < -0.39 is 30.4 Å². The minimum absolute atomic E-state index is 0.318. The number of amides is 1. The molecule has 0 fully saturated rings. The van der Waals surface area contributed by atoms with E-state index in [4.69, 9.17) is 18.9 Å². The van der Waals surface area contributed by atoms with Gasteiger partial charge in [0.15, 0.2) is 24.2 Å². The summed E-state index contributed by atoms with van der Waals surface area (Å²) in [5.41, 5.74) is 0.480. The molecule has 2 rings (SSSR count). The van der Waals surface area contributed by atoms with Gasteiger partial charge in [-0.3, -0.25) is 4.79 Å². The first-order chi connectivity index (χ1) is 13.9. The Hall–Kier alpha value is -3.29. The summed E-state index contributed by atoms with van der Waals surface area (Å²) in [5, 5.41) is 2.63. The van der Waals surface area contributed by atoms with Crippen molar-refractivity contribution in [2.24, 2.45) is 0 Å². The van der Waals surface area contributed by atoms with Crippen molar-refractivity contribution in [2.75, 3.05) is 25.1 Å². The molecule has 0 aromatic heterocycles. The molecule has 7 nitrogen and oxygen atoms in total. The molecule has 29 heavy (non-hydrogen) atoms. The van der Waals surface area contributed by atoms with Gasteiger partial charge in [0.05, 0.1) is 13.2 Å². The summed E-state index contributed by atoms with van der Waals surface area (Å²) >= 11 is 0. The number of benzene rings is 2. The number of hydrogen-bond acceptors (Lipinski definition) is 6. The molecule has 0 heterocycles. The summed E-state index contributed by atoms with van der Waals surface area (Å²) < 4.78 is 34.2. The van der Waals surface area contributed by atoms with Gasteiger partial charge in [-0.05, 0) is 57.2 Å².